The third kappa shape index (κ3) is 3.54. The standard InChI is InChI=1S/C19H17N3O2S2/c23-17(10-14-12-26-19(20-14)13-7-9-25-11-13)21-15-4-1-2-5-16(15)22-8-3-6-18(22)24/h1-2,4-5,7,9,11-12H,3,6,8,10H2,(H,21,23). The van der Waals surface area contributed by atoms with Crippen molar-refractivity contribution in [2.24, 2.45) is 0 Å². The van der Waals surface area contributed by atoms with E-state index in [2.05, 4.69) is 10.3 Å². The molecule has 5 nitrogen and oxygen atoms in total. The summed E-state index contributed by atoms with van der Waals surface area (Å²) in [5.74, 6) is -0.0298. The number of hydrogen-bond acceptors (Lipinski definition) is 5. The van der Waals surface area contributed by atoms with Crippen LogP contribution in [-0.2, 0) is 16.0 Å². The summed E-state index contributed by atoms with van der Waals surface area (Å²) in [5, 5.41) is 9.84. The fraction of sp³-hybridized carbons (Fsp3) is 0.211. The Morgan fingerprint density at radius 3 is 2.88 bits per heavy atom. The minimum atomic E-state index is -0.133. The monoisotopic (exact) mass is 383 g/mol. The molecule has 2 aromatic heterocycles. The molecule has 0 unspecified atom stereocenters. The zero-order valence-corrected chi connectivity index (χ0v) is 15.6. The molecule has 1 aliphatic heterocycles. The number of aromatic nitrogens is 1. The van der Waals surface area contributed by atoms with Crippen molar-refractivity contribution < 1.29 is 9.59 Å². The summed E-state index contributed by atoms with van der Waals surface area (Å²) in [7, 11) is 0. The number of hydrogen-bond donors (Lipinski definition) is 1. The molecule has 1 aromatic carbocycles. The highest BCUT2D eigenvalue weighted by molar-refractivity contribution is 7.14. The SMILES string of the molecule is O=C(Cc1csc(-c2ccsc2)n1)Nc1ccccc1N1CCCC1=O. The number of benzene rings is 1. The Hall–Kier alpha value is -2.51. The van der Waals surface area contributed by atoms with Crippen molar-refractivity contribution in [2.45, 2.75) is 19.3 Å². The summed E-state index contributed by atoms with van der Waals surface area (Å²) in [6.45, 7) is 0.696. The fourth-order valence-corrected chi connectivity index (χ4v) is 4.52. The summed E-state index contributed by atoms with van der Waals surface area (Å²) in [4.78, 5) is 30.8. The second kappa shape index (κ2) is 7.39. The van der Waals surface area contributed by atoms with Crippen molar-refractivity contribution in [3.05, 3.63) is 52.2 Å². The van der Waals surface area contributed by atoms with E-state index in [1.165, 1.54) is 0 Å². The van der Waals surface area contributed by atoms with Gasteiger partial charge >= 0.3 is 0 Å². The lowest BCUT2D eigenvalue weighted by atomic mass is 10.2. The van der Waals surface area contributed by atoms with Crippen LogP contribution >= 0.6 is 22.7 Å². The molecule has 7 heteroatoms. The van der Waals surface area contributed by atoms with Crippen molar-refractivity contribution in [3.63, 3.8) is 0 Å². The first-order valence-corrected chi connectivity index (χ1v) is 10.2. The number of thiazole rings is 1. The smallest absolute Gasteiger partial charge is 0.230 e. The zero-order chi connectivity index (χ0) is 17.9. The molecule has 3 heterocycles. The highest BCUT2D eigenvalue weighted by Crippen LogP contribution is 2.30. The number of rotatable bonds is 5. The Morgan fingerprint density at radius 1 is 1.23 bits per heavy atom. The van der Waals surface area contributed by atoms with Gasteiger partial charge < -0.3 is 10.2 Å². The van der Waals surface area contributed by atoms with Crippen molar-refractivity contribution in [1.82, 2.24) is 4.98 Å². The molecule has 26 heavy (non-hydrogen) atoms. The number of nitrogens with zero attached hydrogens (tertiary/aromatic N) is 2. The molecule has 0 atom stereocenters. The largest absolute Gasteiger partial charge is 0.324 e. The molecular formula is C19H17N3O2S2. The van der Waals surface area contributed by atoms with Crippen molar-refractivity contribution in [1.29, 1.82) is 0 Å². The van der Waals surface area contributed by atoms with Crippen molar-refractivity contribution in [3.8, 4) is 10.6 Å². The second-order valence-corrected chi connectivity index (χ2v) is 7.69. The van der Waals surface area contributed by atoms with Gasteiger partial charge in [0.25, 0.3) is 0 Å². The van der Waals surface area contributed by atoms with E-state index in [1.54, 1.807) is 27.6 Å². The quantitative estimate of drug-likeness (QED) is 0.719. The number of amides is 2. The van der Waals surface area contributed by atoms with E-state index < -0.39 is 0 Å². The summed E-state index contributed by atoms with van der Waals surface area (Å²) in [6.07, 6.45) is 1.63. The Balaban J connectivity index is 1.46. The van der Waals surface area contributed by atoms with Crippen molar-refractivity contribution >= 4 is 45.9 Å². The summed E-state index contributed by atoms with van der Waals surface area (Å²) in [5.41, 5.74) is 3.27. The maximum atomic E-state index is 12.5. The van der Waals surface area contributed by atoms with Crippen LogP contribution < -0.4 is 10.2 Å². The Bertz CT molecular complexity index is 934. The maximum Gasteiger partial charge on any atom is 0.230 e. The van der Waals surface area contributed by atoms with Gasteiger partial charge in [-0.3, -0.25) is 9.59 Å². The molecule has 2 amide bonds. The molecule has 1 fully saturated rings. The van der Waals surface area contributed by atoms with Gasteiger partial charge in [0.05, 0.1) is 23.5 Å². The van der Waals surface area contributed by atoms with Crippen LogP contribution in [0.2, 0.25) is 0 Å². The van der Waals surface area contributed by atoms with Gasteiger partial charge in [-0.2, -0.15) is 11.3 Å². The molecule has 132 valence electrons. The normalized spacial score (nSPS) is 14.0. The predicted molar refractivity (Wildman–Crippen MR) is 106 cm³/mol. The molecule has 1 N–H and O–H groups in total. The highest BCUT2D eigenvalue weighted by Gasteiger charge is 2.24. The van der Waals surface area contributed by atoms with E-state index in [0.717, 1.165) is 28.4 Å². The van der Waals surface area contributed by atoms with Gasteiger partial charge in [-0.05, 0) is 30.0 Å². The number of thiophene rings is 1. The first kappa shape index (κ1) is 16.9. The lowest BCUT2D eigenvalue weighted by Gasteiger charge is -2.19. The lowest BCUT2D eigenvalue weighted by Crippen LogP contribution is -2.26. The summed E-state index contributed by atoms with van der Waals surface area (Å²) >= 11 is 3.17. The Morgan fingerprint density at radius 2 is 2.12 bits per heavy atom. The number of nitrogens with one attached hydrogen (secondary N) is 1. The first-order valence-electron chi connectivity index (χ1n) is 8.37. The number of anilines is 2. The van der Waals surface area contributed by atoms with Crippen LogP contribution in [0.4, 0.5) is 11.4 Å². The predicted octanol–water partition coefficient (Wildman–Crippen LogP) is 4.18. The van der Waals surface area contributed by atoms with E-state index >= 15 is 0 Å². The van der Waals surface area contributed by atoms with E-state index in [9.17, 15) is 9.59 Å². The molecular weight excluding hydrogens is 366 g/mol. The molecule has 0 spiro atoms. The molecule has 4 rings (SSSR count). The van der Waals surface area contributed by atoms with Gasteiger partial charge in [0, 0.05) is 29.3 Å². The second-order valence-electron chi connectivity index (χ2n) is 6.05. The third-order valence-electron chi connectivity index (χ3n) is 4.20. The van der Waals surface area contributed by atoms with Crippen LogP contribution in [0.1, 0.15) is 18.5 Å². The van der Waals surface area contributed by atoms with Crippen molar-refractivity contribution in [2.75, 3.05) is 16.8 Å². The van der Waals surface area contributed by atoms with Gasteiger partial charge in [-0.15, -0.1) is 11.3 Å². The van der Waals surface area contributed by atoms with Gasteiger partial charge in [-0.25, -0.2) is 4.98 Å². The van der Waals surface area contributed by atoms with E-state index in [-0.39, 0.29) is 18.2 Å². The van der Waals surface area contributed by atoms with E-state index in [0.29, 0.717) is 18.7 Å². The minimum absolute atomic E-state index is 0.103. The average molecular weight is 383 g/mol. The first-order chi connectivity index (χ1) is 12.7. The average Bonchev–Trinajstić information content (AvgIpc) is 3.36. The number of carbonyl (C=O) groups excluding carboxylic acids is 2. The van der Waals surface area contributed by atoms with Gasteiger partial charge in [0.2, 0.25) is 11.8 Å². The number of para-hydroxylation sites is 2. The van der Waals surface area contributed by atoms with E-state index in [4.69, 9.17) is 0 Å². The van der Waals surface area contributed by atoms with Crippen LogP contribution in [0, 0.1) is 0 Å². The topological polar surface area (TPSA) is 62.3 Å². The van der Waals surface area contributed by atoms with Crippen LogP contribution in [-0.4, -0.2) is 23.3 Å². The zero-order valence-electron chi connectivity index (χ0n) is 14.0. The fourth-order valence-electron chi connectivity index (χ4n) is 2.98. The summed E-state index contributed by atoms with van der Waals surface area (Å²) < 4.78 is 0. The van der Waals surface area contributed by atoms with Crippen LogP contribution in [0.25, 0.3) is 10.6 Å². The maximum absolute atomic E-state index is 12.5. The molecule has 1 saturated heterocycles. The number of carbonyl (C=O) groups is 2. The van der Waals surface area contributed by atoms with Gasteiger partial charge in [-0.1, -0.05) is 12.1 Å². The Labute approximate surface area is 159 Å². The van der Waals surface area contributed by atoms with E-state index in [1.807, 2.05) is 46.5 Å². The van der Waals surface area contributed by atoms with Gasteiger partial charge in [0.15, 0.2) is 0 Å². The third-order valence-corrected chi connectivity index (χ3v) is 5.83. The highest BCUT2D eigenvalue weighted by atomic mass is 32.1. The molecule has 0 bridgehead atoms. The minimum Gasteiger partial charge on any atom is -0.324 e. The summed E-state index contributed by atoms with van der Waals surface area (Å²) in [6, 6.07) is 9.46. The Kier molecular flexibility index (Phi) is 4.81. The van der Waals surface area contributed by atoms with Crippen LogP contribution in [0.5, 0.6) is 0 Å². The molecule has 0 aliphatic carbocycles. The van der Waals surface area contributed by atoms with Crippen LogP contribution in [0.15, 0.2) is 46.5 Å². The van der Waals surface area contributed by atoms with Gasteiger partial charge in [0.1, 0.15) is 5.01 Å². The molecule has 1 aliphatic rings. The lowest BCUT2D eigenvalue weighted by molar-refractivity contribution is -0.117. The molecule has 0 saturated carbocycles. The molecule has 3 aromatic rings. The molecule has 0 radical (unpaired) electrons. The van der Waals surface area contributed by atoms with Crippen LogP contribution in [0.3, 0.4) is 0 Å².